The van der Waals surface area contributed by atoms with Crippen LogP contribution in [0.2, 0.25) is 0 Å². The molecule has 6 nitrogen and oxygen atoms in total. The van der Waals surface area contributed by atoms with Gasteiger partial charge in [0, 0.05) is 20.8 Å². The Bertz CT molecular complexity index is 726. The third-order valence-electron chi connectivity index (χ3n) is 4.68. The standard InChI is InChI=1S/C23H30O6/c1-4-5-14-28-15-21(26-2)22(27-3)16-29-20-12-10-18(11-13-20)17-6-8-19(9-7-17)23(24)25/h6-13,21-22H,4-5,14-16H2,1-3H3,(H,24,25)/t21-,22-/m0/s1. The summed E-state index contributed by atoms with van der Waals surface area (Å²) in [5.74, 6) is -0.210. The molecule has 2 atom stereocenters. The molecule has 2 aromatic carbocycles. The molecule has 0 spiro atoms. The Morgan fingerprint density at radius 1 is 0.897 bits per heavy atom. The van der Waals surface area contributed by atoms with Gasteiger partial charge in [-0.2, -0.15) is 0 Å². The minimum absolute atomic E-state index is 0.205. The van der Waals surface area contributed by atoms with Crippen molar-refractivity contribution in [1.82, 2.24) is 0 Å². The lowest BCUT2D eigenvalue weighted by molar-refractivity contribution is -0.0885. The molecule has 0 heterocycles. The Kier molecular flexibility index (Phi) is 9.64. The van der Waals surface area contributed by atoms with Crippen LogP contribution in [-0.4, -0.2) is 57.3 Å². The zero-order valence-electron chi connectivity index (χ0n) is 17.3. The van der Waals surface area contributed by atoms with E-state index in [2.05, 4.69) is 6.92 Å². The van der Waals surface area contributed by atoms with Gasteiger partial charge in [0.25, 0.3) is 0 Å². The lowest BCUT2D eigenvalue weighted by Gasteiger charge is -2.25. The highest BCUT2D eigenvalue weighted by Crippen LogP contribution is 2.23. The van der Waals surface area contributed by atoms with Crippen molar-refractivity contribution in [3.05, 3.63) is 54.1 Å². The Balaban J connectivity index is 1.91. The highest BCUT2D eigenvalue weighted by Gasteiger charge is 2.22. The molecule has 0 saturated carbocycles. The van der Waals surface area contributed by atoms with Gasteiger partial charge in [0.05, 0.1) is 12.2 Å². The second-order valence-electron chi connectivity index (χ2n) is 6.69. The largest absolute Gasteiger partial charge is 0.491 e. The smallest absolute Gasteiger partial charge is 0.335 e. The number of carboxylic acid groups (broad SMARTS) is 1. The van der Waals surface area contributed by atoms with E-state index in [-0.39, 0.29) is 17.8 Å². The number of hydrogen-bond acceptors (Lipinski definition) is 5. The minimum Gasteiger partial charge on any atom is -0.491 e. The molecule has 0 saturated heterocycles. The highest BCUT2D eigenvalue weighted by atomic mass is 16.6. The average Bonchev–Trinajstić information content (AvgIpc) is 2.76. The lowest BCUT2D eigenvalue weighted by atomic mass is 10.0. The maximum absolute atomic E-state index is 11.0. The summed E-state index contributed by atoms with van der Waals surface area (Å²) in [6.45, 7) is 3.64. The van der Waals surface area contributed by atoms with Crippen molar-refractivity contribution in [3.8, 4) is 16.9 Å². The Morgan fingerprint density at radius 3 is 1.97 bits per heavy atom. The molecule has 6 heteroatoms. The second-order valence-corrected chi connectivity index (χ2v) is 6.69. The zero-order chi connectivity index (χ0) is 21.1. The number of unbranched alkanes of at least 4 members (excludes halogenated alkanes) is 1. The number of ether oxygens (including phenoxy) is 4. The summed E-state index contributed by atoms with van der Waals surface area (Å²) in [5.41, 5.74) is 2.20. The molecule has 0 bridgehead atoms. The van der Waals surface area contributed by atoms with Crippen molar-refractivity contribution in [2.45, 2.75) is 32.0 Å². The first-order valence-corrected chi connectivity index (χ1v) is 9.79. The van der Waals surface area contributed by atoms with Crippen molar-refractivity contribution in [3.63, 3.8) is 0 Å². The van der Waals surface area contributed by atoms with Crippen LogP contribution in [0.4, 0.5) is 0 Å². The summed E-state index contributed by atoms with van der Waals surface area (Å²) in [7, 11) is 3.28. The molecule has 2 aromatic rings. The van der Waals surface area contributed by atoms with E-state index in [9.17, 15) is 4.79 Å². The summed E-state index contributed by atoms with van der Waals surface area (Å²) < 4.78 is 22.6. The van der Waals surface area contributed by atoms with E-state index in [4.69, 9.17) is 24.1 Å². The first-order valence-electron chi connectivity index (χ1n) is 9.79. The van der Waals surface area contributed by atoms with Crippen LogP contribution in [0.15, 0.2) is 48.5 Å². The van der Waals surface area contributed by atoms with Crippen molar-refractivity contribution in [1.29, 1.82) is 0 Å². The van der Waals surface area contributed by atoms with Crippen molar-refractivity contribution >= 4 is 5.97 Å². The van der Waals surface area contributed by atoms with Crippen LogP contribution in [0.3, 0.4) is 0 Å². The van der Waals surface area contributed by atoms with Gasteiger partial charge in [-0.3, -0.25) is 0 Å². The van der Waals surface area contributed by atoms with Crippen LogP contribution in [0.25, 0.3) is 11.1 Å². The number of carbonyl (C=O) groups is 1. The molecule has 0 amide bonds. The molecule has 1 N–H and O–H groups in total. The molecule has 0 aromatic heterocycles. The second kappa shape index (κ2) is 12.2. The molecule has 0 unspecified atom stereocenters. The third kappa shape index (κ3) is 7.16. The van der Waals surface area contributed by atoms with Crippen LogP contribution < -0.4 is 4.74 Å². The normalized spacial score (nSPS) is 13.1. The van der Waals surface area contributed by atoms with E-state index in [0.717, 1.165) is 29.7 Å². The van der Waals surface area contributed by atoms with E-state index in [0.29, 0.717) is 19.8 Å². The van der Waals surface area contributed by atoms with Crippen LogP contribution in [-0.2, 0) is 14.2 Å². The highest BCUT2D eigenvalue weighted by molar-refractivity contribution is 5.88. The number of benzene rings is 2. The summed E-state index contributed by atoms with van der Waals surface area (Å²) in [4.78, 5) is 11.0. The number of aromatic carboxylic acids is 1. The maximum Gasteiger partial charge on any atom is 0.335 e. The fourth-order valence-corrected chi connectivity index (χ4v) is 2.83. The van der Waals surface area contributed by atoms with E-state index >= 15 is 0 Å². The molecular formula is C23H30O6. The van der Waals surface area contributed by atoms with Crippen LogP contribution >= 0.6 is 0 Å². The summed E-state index contributed by atoms with van der Waals surface area (Å²) >= 11 is 0. The molecule has 0 aliphatic rings. The number of carboxylic acids is 1. The SMILES string of the molecule is CCCCOC[C@H](OC)[C@H](COc1ccc(-c2ccc(C(=O)O)cc2)cc1)OC. The fraction of sp³-hybridized carbons (Fsp3) is 0.435. The Labute approximate surface area is 172 Å². The molecule has 0 aliphatic carbocycles. The zero-order valence-corrected chi connectivity index (χ0v) is 17.3. The van der Waals surface area contributed by atoms with Crippen molar-refractivity contribution in [2.75, 3.05) is 34.0 Å². The average molecular weight is 402 g/mol. The van der Waals surface area contributed by atoms with Gasteiger partial charge in [0.2, 0.25) is 0 Å². The summed E-state index contributed by atoms with van der Waals surface area (Å²) in [6.07, 6.45) is 1.66. The summed E-state index contributed by atoms with van der Waals surface area (Å²) in [6, 6.07) is 14.4. The molecule has 0 fully saturated rings. The van der Waals surface area contributed by atoms with Gasteiger partial charge >= 0.3 is 5.97 Å². The Hall–Kier alpha value is -2.41. The van der Waals surface area contributed by atoms with E-state index in [1.807, 2.05) is 24.3 Å². The van der Waals surface area contributed by atoms with Gasteiger partial charge in [0.15, 0.2) is 0 Å². The molecule has 158 valence electrons. The predicted octanol–water partition coefficient (Wildman–Crippen LogP) is 4.28. The number of hydrogen-bond donors (Lipinski definition) is 1. The van der Waals surface area contributed by atoms with Crippen molar-refractivity contribution in [2.24, 2.45) is 0 Å². The van der Waals surface area contributed by atoms with E-state index in [1.165, 1.54) is 0 Å². The van der Waals surface area contributed by atoms with Crippen molar-refractivity contribution < 1.29 is 28.8 Å². The molecule has 0 aliphatic heterocycles. The van der Waals surface area contributed by atoms with Crippen LogP contribution in [0.5, 0.6) is 5.75 Å². The fourth-order valence-electron chi connectivity index (χ4n) is 2.83. The molecule has 2 rings (SSSR count). The van der Waals surface area contributed by atoms with Gasteiger partial charge in [-0.15, -0.1) is 0 Å². The van der Waals surface area contributed by atoms with Crippen LogP contribution in [0, 0.1) is 0 Å². The first kappa shape index (κ1) is 22.9. The van der Waals surface area contributed by atoms with E-state index in [1.54, 1.807) is 38.5 Å². The van der Waals surface area contributed by atoms with Crippen LogP contribution in [0.1, 0.15) is 30.1 Å². The maximum atomic E-state index is 11.0. The minimum atomic E-state index is -0.932. The topological polar surface area (TPSA) is 74.2 Å². The number of rotatable bonds is 13. The molecular weight excluding hydrogens is 372 g/mol. The van der Waals surface area contributed by atoms with Gasteiger partial charge in [0.1, 0.15) is 24.6 Å². The summed E-state index contributed by atoms with van der Waals surface area (Å²) in [5, 5.41) is 8.99. The van der Waals surface area contributed by atoms with Gasteiger partial charge in [-0.1, -0.05) is 37.6 Å². The Morgan fingerprint density at radius 2 is 1.45 bits per heavy atom. The van der Waals surface area contributed by atoms with E-state index < -0.39 is 5.97 Å². The van der Waals surface area contributed by atoms with Gasteiger partial charge in [-0.05, 0) is 41.8 Å². The monoisotopic (exact) mass is 402 g/mol. The number of methoxy groups -OCH3 is 2. The quantitative estimate of drug-likeness (QED) is 0.504. The molecule has 29 heavy (non-hydrogen) atoms. The van der Waals surface area contributed by atoms with Gasteiger partial charge < -0.3 is 24.1 Å². The molecule has 0 radical (unpaired) electrons. The third-order valence-corrected chi connectivity index (χ3v) is 4.68. The lowest BCUT2D eigenvalue weighted by Crippen LogP contribution is -2.38. The van der Waals surface area contributed by atoms with Gasteiger partial charge in [-0.25, -0.2) is 4.79 Å². The predicted molar refractivity (Wildman–Crippen MR) is 112 cm³/mol. The first-order chi connectivity index (χ1) is 14.1.